The van der Waals surface area contributed by atoms with E-state index >= 15 is 0 Å². The molecule has 6 heteroatoms. The first-order chi connectivity index (χ1) is 10.6. The lowest BCUT2D eigenvalue weighted by atomic mass is 9.87. The van der Waals surface area contributed by atoms with E-state index in [1.807, 2.05) is 30.3 Å². The number of phenols is 2. The standard InChI is InChI=1S/C16H16N2O4/c19-14-8-12-11(15(16(14)20)18(21)22)6-7-17-9-13(12)10-4-2-1-3-5-10/h1-5,8,13,17,19-20H,6-7,9H2/t13-/m0/s1. The van der Waals surface area contributed by atoms with Crippen molar-refractivity contribution in [2.24, 2.45) is 0 Å². The number of phenolic OH excluding ortho intramolecular Hbond substituents is 2. The third-order valence-corrected chi connectivity index (χ3v) is 4.05. The van der Waals surface area contributed by atoms with Gasteiger partial charge in [-0.1, -0.05) is 30.3 Å². The first kappa shape index (κ1) is 14.3. The molecule has 1 heterocycles. The summed E-state index contributed by atoms with van der Waals surface area (Å²) in [4.78, 5) is 10.7. The number of hydrogen-bond donors (Lipinski definition) is 3. The zero-order valence-electron chi connectivity index (χ0n) is 11.8. The van der Waals surface area contributed by atoms with Crippen molar-refractivity contribution in [3.8, 4) is 11.5 Å². The number of nitro groups is 1. The summed E-state index contributed by atoms with van der Waals surface area (Å²) in [6, 6.07) is 11.1. The van der Waals surface area contributed by atoms with Crippen LogP contribution < -0.4 is 5.32 Å². The third kappa shape index (κ3) is 2.37. The van der Waals surface area contributed by atoms with Crippen LogP contribution in [0, 0.1) is 10.1 Å². The van der Waals surface area contributed by atoms with Gasteiger partial charge < -0.3 is 15.5 Å². The summed E-state index contributed by atoms with van der Waals surface area (Å²) in [5.74, 6) is -1.21. The van der Waals surface area contributed by atoms with Crippen LogP contribution >= 0.6 is 0 Å². The van der Waals surface area contributed by atoms with Gasteiger partial charge >= 0.3 is 5.69 Å². The zero-order valence-corrected chi connectivity index (χ0v) is 11.8. The molecule has 6 nitrogen and oxygen atoms in total. The maximum atomic E-state index is 11.3. The number of rotatable bonds is 2. The van der Waals surface area contributed by atoms with Crippen LogP contribution in [0.3, 0.4) is 0 Å². The number of aromatic hydroxyl groups is 2. The number of hydrogen-bond acceptors (Lipinski definition) is 5. The fourth-order valence-electron chi connectivity index (χ4n) is 3.03. The van der Waals surface area contributed by atoms with Crippen molar-refractivity contribution < 1.29 is 15.1 Å². The van der Waals surface area contributed by atoms with Crippen LogP contribution in [-0.4, -0.2) is 28.2 Å². The summed E-state index contributed by atoms with van der Waals surface area (Å²) in [6.45, 7) is 1.21. The van der Waals surface area contributed by atoms with Gasteiger partial charge in [0.15, 0.2) is 5.75 Å². The predicted octanol–water partition coefficient (Wildman–Crippen LogP) is 2.28. The summed E-state index contributed by atoms with van der Waals surface area (Å²) in [5.41, 5.74) is 1.80. The van der Waals surface area contributed by atoms with Crippen LogP contribution in [0.15, 0.2) is 36.4 Å². The van der Waals surface area contributed by atoms with Gasteiger partial charge in [0.05, 0.1) is 4.92 Å². The minimum atomic E-state index is -0.655. The van der Waals surface area contributed by atoms with Crippen molar-refractivity contribution in [1.29, 1.82) is 0 Å². The third-order valence-electron chi connectivity index (χ3n) is 4.05. The number of nitro benzene ring substituents is 1. The maximum absolute atomic E-state index is 11.3. The van der Waals surface area contributed by atoms with Crippen LogP contribution in [-0.2, 0) is 6.42 Å². The molecule has 1 atom stereocenters. The van der Waals surface area contributed by atoms with E-state index in [9.17, 15) is 20.3 Å². The summed E-state index contributed by atoms with van der Waals surface area (Å²) in [7, 11) is 0. The second-order valence-electron chi connectivity index (χ2n) is 5.34. The lowest BCUT2D eigenvalue weighted by molar-refractivity contribution is -0.386. The van der Waals surface area contributed by atoms with Crippen LogP contribution in [0.1, 0.15) is 22.6 Å². The Morgan fingerprint density at radius 1 is 1.23 bits per heavy atom. The average Bonchev–Trinajstić information content (AvgIpc) is 2.71. The summed E-state index contributed by atoms with van der Waals surface area (Å²) in [6.07, 6.45) is 0.433. The van der Waals surface area contributed by atoms with Gasteiger partial charge in [0.25, 0.3) is 0 Å². The van der Waals surface area contributed by atoms with Crippen molar-refractivity contribution in [2.45, 2.75) is 12.3 Å². The second-order valence-corrected chi connectivity index (χ2v) is 5.34. The van der Waals surface area contributed by atoms with E-state index in [1.54, 1.807) is 0 Å². The Balaban J connectivity index is 2.23. The molecule has 22 heavy (non-hydrogen) atoms. The average molecular weight is 300 g/mol. The van der Waals surface area contributed by atoms with Gasteiger partial charge in [-0.25, -0.2) is 0 Å². The van der Waals surface area contributed by atoms with Crippen molar-refractivity contribution in [2.75, 3.05) is 13.1 Å². The van der Waals surface area contributed by atoms with Gasteiger partial charge in [0.2, 0.25) is 5.75 Å². The maximum Gasteiger partial charge on any atom is 0.318 e. The van der Waals surface area contributed by atoms with E-state index in [4.69, 9.17) is 0 Å². The van der Waals surface area contributed by atoms with E-state index in [0.29, 0.717) is 30.6 Å². The van der Waals surface area contributed by atoms with Gasteiger partial charge in [-0.2, -0.15) is 0 Å². The molecule has 1 aliphatic rings. The van der Waals surface area contributed by atoms with Crippen LogP contribution in [0.4, 0.5) is 5.69 Å². The molecule has 3 N–H and O–H groups in total. The fraction of sp³-hybridized carbons (Fsp3) is 0.250. The molecule has 114 valence electrons. The van der Waals surface area contributed by atoms with Gasteiger partial charge in [0, 0.05) is 18.0 Å². The molecule has 0 fully saturated rings. The van der Waals surface area contributed by atoms with Crippen molar-refractivity contribution >= 4 is 5.69 Å². The smallest absolute Gasteiger partial charge is 0.318 e. The lowest BCUT2D eigenvalue weighted by Crippen LogP contribution is -2.20. The number of nitrogens with zero attached hydrogens (tertiary/aromatic N) is 1. The molecule has 3 rings (SSSR count). The normalized spacial score (nSPS) is 17.5. The monoisotopic (exact) mass is 300 g/mol. The first-order valence-corrected chi connectivity index (χ1v) is 7.07. The number of benzene rings is 2. The largest absolute Gasteiger partial charge is 0.504 e. The van der Waals surface area contributed by atoms with Crippen molar-refractivity contribution in [3.63, 3.8) is 0 Å². The highest BCUT2D eigenvalue weighted by Gasteiger charge is 2.31. The molecule has 2 aromatic rings. The van der Waals surface area contributed by atoms with E-state index in [1.165, 1.54) is 6.07 Å². The Labute approximate surface area is 127 Å². The van der Waals surface area contributed by atoms with Crippen LogP contribution in [0.5, 0.6) is 11.5 Å². The number of nitrogens with one attached hydrogen (secondary N) is 1. The van der Waals surface area contributed by atoms with Crippen LogP contribution in [0.2, 0.25) is 0 Å². The van der Waals surface area contributed by atoms with Crippen molar-refractivity contribution in [3.05, 3.63) is 63.2 Å². The molecule has 0 amide bonds. The molecule has 0 saturated heterocycles. The number of fused-ring (bicyclic) bond motifs is 1. The Kier molecular flexibility index (Phi) is 3.68. The van der Waals surface area contributed by atoms with Crippen molar-refractivity contribution in [1.82, 2.24) is 5.32 Å². The quantitative estimate of drug-likeness (QED) is 0.449. The lowest BCUT2D eigenvalue weighted by Gasteiger charge is -2.19. The zero-order chi connectivity index (χ0) is 15.7. The van der Waals surface area contributed by atoms with E-state index in [-0.39, 0.29) is 11.6 Å². The van der Waals surface area contributed by atoms with E-state index in [2.05, 4.69) is 5.32 Å². The highest BCUT2D eigenvalue weighted by atomic mass is 16.6. The molecule has 0 bridgehead atoms. The molecular formula is C16H16N2O4. The molecular weight excluding hydrogens is 284 g/mol. The molecule has 0 aliphatic carbocycles. The second kappa shape index (κ2) is 5.65. The molecule has 0 unspecified atom stereocenters. The summed E-state index contributed by atoms with van der Waals surface area (Å²) < 4.78 is 0. The Bertz CT molecular complexity index is 716. The highest BCUT2D eigenvalue weighted by molar-refractivity contribution is 5.64. The molecule has 1 aliphatic heterocycles. The minimum absolute atomic E-state index is 0.108. The van der Waals surface area contributed by atoms with E-state index in [0.717, 1.165) is 5.56 Å². The summed E-state index contributed by atoms with van der Waals surface area (Å²) >= 11 is 0. The Morgan fingerprint density at radius 3 is 2.64 bits per heavy atom. The van der Waals surface area contributed by atoms with Gasteiger partial charge in [0.1, 0.15) is 0 Å². The minimum Gasteiger partial charge on any atom is -0.504 e. The summed E-state index contributed by atoms with van der Waals surface area (Å²) in [5, 5.41) is 34.3. The van der Waals surface area contributed by atoms with E-state index < -0.39 is 16.4 Å². The first-order valence-electron chi connectivity index (χ1n) is 7.07. The fourth-order valence-corrected chi connectivity index (χ4v) is 3.03. The molecule has 0 radical (unpaired) electrons. The molecule has 0 aromatic heterocycles. The highest BCUT2D eigenvalue weighted by Crippen LogP contribution is 2.44. The van der Waals surface area contributed by atoms with Gasteiger partial charge in [-0.15, -0.1) is 0 Å². The Morgan fingerprint density at radius 2 is 1.95 bits per heavy atom. The topological polar surface area (TPSA) is 95.6 Å². The predicted molar refractivity (Wildman–Crippen MR) is 81.3 cm³/mol. The SMILES string of the molecule is O=[N+]([O-])c1c(O)c(O)cc2c1CCNC[C@H]2c1ccccc1. The Hall–Kier alpha value is -2.60. The van der Waals surface area contributed by atoms with Crippen LogP contribution in [0.25, 0.3) is 0 Å². The van der Waals surface area contributed by atoms with Gasteiger partial charge in [-0.3, -0.25) is 10.1 Å². The molecule has 0 spiro atoms. The molecule has 2 aromatic carbocycles. The van der Waals surface area contributed by atoms with Gasteiger partial charge in [-0.05, 0) is 30.2 Å². The molecule has 0 saturated carbocycles.